The lowest BCUT2D eigenvalue weighted by Crippen LogP contribution is -2.36. The fourth-order valence-corrected chi connectivity index (χ4v) is 4.61. The van der Waals surface area contributed by atoms with Crippen molar-refractivity contribution in [1.29, 1.82) is 0 Å². The Labute approximate surface area is 189 Å². The van der Waals surface area contributed by atoms with Crippen LogP contribution in [0.25, 0.3) is 5.69 Å². The number of carbonyl (C=O) groups is 1. The van der Waals surface area contributed by atoms with E-state index in [0.717, 1.165) is 54.6 Å². The number of benzene rings is 2. The predicted molar refractivity (Wildman–Crippen MR) is 128 cm³/mol. The maximum Gasteiger partial charge on any atom is 0.285 e. The highest BCUT2D eigenvalue weighted by Crippen LogP contribution is 2.26. The van der Waals surface area contributed by atoms with Crippen LogP contribution < -0.4 is 16.1 Å². The van der Waals surface area contributed by atoms with Gasteiger partial charge in [-0.2, -0.15) is 5.10 Å². The molecule has 3 aromatic rings. The third-order valence-electron chi connectivity index (χ3n) is 5.05. The van der Waals surface area contributed by atoms with Gasteiger partial charge in [-0.1, -0.05) is 41.7 Å². The van der Waals surface area contributed by atoms with Gasteiger partial charge in [-0.05, 0) is 49.0 Å². The van der Waals surface area contributed by atoms with Gasteiger partial charge in [0.2, 0.25) is 0 Å². The van der Waals surface area contributed by atoms with Crippen molar-refractivity contribution in [3.05, 3.63) is 69.0 Å². The molecule has 3 N–H and O–H groups in total. The van der Waals surface area contributed by atoms with E-state index in [1.165, 1.54) is 0 Å². The van der Waals surface area contributed by atoms with Crippen molar-refractivity contribution >= 4 is 46.7 Å². The lowest BCUT2D eigenvalue weighted by atomic mass is 10.1. The number of hydrogen-bond acceptors (Lipinski definition) is 7. The summed E-state index contributed by atoms with van der Waals surface area (Å²) in [4.78, 5) is 15.3. The van der Waals surface area contributed by atoms with E-state index >= 15 is 0 Å². The van der Waals surface area contributed by atoms with E-state index in [1.807, 2.05) is 49.4 Å². The summed E-state index contributed by atoms with van der Waals surface area (Å²) in [5.74, 6) is -0.0750. The summed E-state index contributed by atoms with van der Waals surface area (Å²) in [5, 5.41) is 4.26. The average Bonchev–Trinajstić information content (AvgIpc) is 3.12. The van der Waals surface area contributed by atoms with Crippen LogP contribution in [0, 0.1) is 3.95 Å². The largest absolute Gasteiger partial charge is 0.383 e. The molecular formula is C22H23N5O2S2. The first-order valence-electron chi connectivity index (χ1n) is 9.89. The van der Waals surface area contributed by atoms with E-state index in [1.54, 1.807) is 4.57 Å². The van der Waals surface area contributed by atoms with Gasteiger partial charge in [-0.3, -0.25) is 9.36 Å². The first-order valence-corrected chi connectivity index (χ1v) is 11.1. The normalized spacial score (nSPS) is 14.5. The van der Waals surface area contributed by atoms with Gasteiger partial charge in [0.15, 0.2) is 3.95 Å². The van der Waals surface area contributed by atoms with Crippen molar-refractivity contribution < 1.29 is 9.53 Å². The fraction of sp³-hybridized carbons (Fsp3) is 0.227. The number of nitrogen functional groups attached to an aromatic ring is 1. The number of para-hydroxylation sites is 1. The molecule has 1 fully saturated rings. The number of morpholine rings is 1. The molecule has 0 atom stereocenters. The van der Waals surface area contributed by atoms with E-state index in [0.29, 0.717) is 20.4 Å². The van der Waals surface area contributed by atoms with E-state index in [-0.39, 0.29) is 5.91 Å². The highest BCUT2D eigenvalue weighted by Gasteiger charge is 2.18. The second-order valence-corrected chi connectivity index (χ2v) is 8.68. The summed E-state index contributed by atoms with van der Waals surface area (Å²) in [7, 11) is 0. The van der Waals surface area contributed by atoms with Gasteiger partial charge in [0.05, 0.1) is 18.9 Å². The molecule has 0 bridgehead atoms. The monoisotopic (exact) mass is 453 g/mol. The van der Waals surface area contributed by atoms with Crippen LogP contribution in [-0.2, 0) is 4.74 Å². The molecule has 31 heavy (non-hydrogen) atoms. The highest BCUT2D eigenvalue weighted by molar-refractivity contribution is 7.73. The van der Waals surface area contributed by atoms with Crippen LogP contribution in [0.3, 0.4) is 0 Å². The zero-order valence-electron chi connectivity index (χ0n) is 17.1. The summed E-state index contributed by atoms with van der Waals surface area (Å²) >= 11 is 6.58. The molecule has 1 aliphatic heterocycles. The Bertz CT molecular complexity index is 1150. The summed E-state index contributed by atoms with van der Waals surface area (Å²) in [6, 6.07) is 17.6. The minimum Gasteiger partial charge on any atom is -0.383 e. The van der Waals surface area contributed by atoms with Crippen LogP contribution in [0.4, 0.5) is 11.5 Å². The number of hydrazone groups is 1. The van der Waals surface area contributed by atoms with Crippen molar-refractivity contribution in [2.45, 2.75) is 6.92 Å². The third-order valence-corrected chi connectivity index (χ3v) is 6.44. The number of anilines is 2. The molecule has 2 heterocycles. The fourth-order valence-electron chi connectivity index (χ4n) is 3.35. The van der Waals surface area contributed by atoms with Crippen LogP contribution in [0.5, 0.6) is 0 Å². The third kappa shape index (κ3) is 4.68. The molecule has 0 radical (unpaired) electrons. The van der Waals surface area contributed by atoms with Crippen LogP contribution >= 0.6 is 23.6 Å². The predicted octanol–water partition coefficient (Wildman–Crippen LogP) is 3.84. The van der Waals surface area contributed by atoms with E-state index in [2.05, 4.69) is 27.6 Å². The molecule has 160 valence electrons. The quantitative estimate of drug-likeness (QED) is 0.348. The number of carbonyl (C=O) groups excluding carboxylic acids is 1. The number of amides is 1. The smallest absolute Gasteiger partial charge is 0.285 e. The zero-order chi connectivity index (χ0) is 21.8. The van der Waals surface area contributed by atoms with Crippen LogP contribution in [0.2, 0.25) is 0 Å². The first-order chi connectivity index (χ1) is 15.0. The molecule has 9 heteroatoms. The molecule has 7 nitrogen and oxygen atoms in total. The van der Waals surface area contributed by atoms with E-state index < -0.39 is 0 Å². The molecule has 4 rings (SSSR count). The molecule has 0 aliphatic carbocycles. The molecule has 0 unspecified atom stereocenters. The Balaban J connectivity index is 1.47. The second-order valence-electron chi connectivity index (χ2n) is 7.04. The Morgan fingerprint density at radius 3 is 2.45 bits per heavy atom. The molecule has 1 aliphatic rings. The maximum atomic E-state index is 12.7. The number of rotatable bonds is 5. The average molecular weight is 454 g/mol. The van der Waals surface area contributed by atoms with Crippen molar-refractivity contribution in [3.63, 3.8) is 0 Å². The molecule has 2 aromatic carbocycles. The van der Waals surface area contributed by atoms with Gasteiger partial charge in [0.25, 0.3) is 5.91 Å². The van der Waals surface area contributed by atoms with Gasteiger partial charge < -0.3 is 15.4 Å². The molecular weight excluding hydrogens is 430 g/mol. The van der Waals surface area contributed by atoms with Gasteiger partial charge in [0.1, 0.15) is 10.7 Å². The number of thiazole rings is 1. The number of nitrogens with two attached hydrogens (primary N) is 1. The van der Waals surface area contributed by atoms with Gasteiger partial charge in [-0.25, -0.2) is 5.43 Å². The SMILES string of the molecule is C/C(=N/NC(=O)c1sc(=S)n(-c2ccccc2)c1N)c1ccc(N2CCOCC2)cc1. The Hall–Kier alpha value is -3.01. The number of aromatic nitrogens is 1. The molecule has 1 aromatic heterocycles. The van der Waals surface area contributed by atoms with Crippen molar-refractivity contribution in [2.24, 2.45) is 5.10 Å². The van der Waals surface area contributed by atoms with Gasteiger partial charge in [0, 0.05) is 24.5 Å². The van der Waals surface area contributed by atoms with Crippen LogP contribution in [0.15, 0.2) is 59.7 Å². The van der Waals surface area contributed by atoms with Crippen LogP contribution in [-0.4, -0.2) is 42.5 Å². The maximum absolute atomic E-state index is 12.7. The number of hydrogen-bond donors (Lipinski definition) is 2. The van der Waals surface area contributed by atoms with E-state index in [4.69, 9.17) is 22.7 Å². The standard InChI is InChI=1S/C22H23N5O2S2/c1-15(16-7-9-17(10-8-16)26-11-13-29-14-12-26)24-25-21(28)19-20(23)27(22(30)31-19)18-5-3-2-4-6-18/h2-10H,11-14,23H2,1H3,(H,25,28)/b24-15-. The van der Waals surface area contributed by atoms with Crippen molar-refractivity contribution in [2.75, 3.05) is 36.9 Å². The van der Waals surface area contributed by atoms with Crippen molar-refractivity contribution in [1.82, 2.24) is 9.99 Å². The molecule has 1 saturated heterocycles. The Kier molecular flexibility index (Phi) is 6.45. The molecule has 0 spiro atoms. The minimum absolute atomic E-state index is 0.307. The highest BCUT2D eigenvalue weighted by atomic mass is 32.1. The van der Waals surface area contributed by atoms with Crippen LogP contribution in [0.1, 0.15) is 22.2 Å². The summed E-state index contributed by atoms with van der Waals surface area (Å²) < 4.78 is 7.60. The lowest BCUT2D eigenvalue weighted by molar-refractivity contribution is 0.0959. The minimum atomic E-state index is -0.382. The Morgan fingerprint density at radius 2 is 1.77 bits per heavy atom. The zero-order valence-corrected chi connectivity index (χ0v) is 18.7. The summed E-state index contributed by atoms with van der Waals surface area (Å²) in [6.07, 6.45) is 0. The first kappa shape index (κ1) is 21.2. The van der Waals surface area contributed by atoms with Crippen molar-refractivity contribution in [3.8, 4) is 5.69 Å². The Morgan fingerprint density at radius 1 is 1.10 bits per heavy atom. The number of nitrogens with zero attached hydrogens (tertiary/aromatic N) is 3. The van der Waals surface area contributed by atoms with Gasteiger partial charge in [-0.15, -0.1) is 0 Å². The summed E-state index contributed by atoms with van der Waals surface area (Å²) in [6.45, 7) is 5.12. The van der Waals surface area contributed by atoms with E-state index in [9.17, 15) is 4.79 Å². The molecule has 0 saturated carbocycles. The second kappa shape index (κ2) is 9.42. The topological polar surface area (TPSA) is 84.9 Å². The molecule has 1 amide bonds. The lowest BCUT2D eigenvalue weighted by Gasteiger charge is -2.28. The number of nitrogens with one attached hydrogen (secondary N) is 1. The van der Waals surface area contributed by atoms with Gasteiger partial charge >= 0.3 is 0 Å². The number of ether oxygens (including phenoxy) is 1. The summed E-state index contributed by atoms with van der Waals surface area (Å²) in [5.41, 5.74) is 12.4.